The summed E-state index contributed by atoms with van der Waals surface area (Å²) in [6.07, 6.45) is 2.59. The third kappa shape index (κ3) is 4.17. The summed E-state index contributed by atoms with van der Waals surface area (Å²) in [5.74, 6) is 0.221. The average molecular weight is 270 g/mol. The Morgan fingerprint density at radius 3 is 2.60 bits per heavy atom. The lowest BCUT2D eigenvalue weighted by Gasteiger charge is -2.15. The van der Waals surface area contributed by atoms with Crippen LogP contribution >= 0.6 is 0 Å². The molecule has 20 heavy (non-hydrogen) atoms. The lowest BCUT2D eigenvalue weighted by molar-refractivity contribution is 0.0946. The first-order valence-corrected chi connectivity index (χ1v) is 6.56. The Labute approximate surface area is 118 Å². The van der Waals surface area contributed by atoms with Gasteiger partial charge in [-0.05, 0) is 43.4 Å². The minimum atomic E-state index is 0.0496. The van der Waals surface area contributed by atoms with Crippen LogP contribution in [0.3, 0.4) is 0 Å². The van der Waals surface area contributed by atoms with Crippen LogP contribution < -0.4 is 0 Å². The molecule has 0 radical (unpaired) electrons. The summed E-state index contributed by atoms with van der Waals surface area (Å²) in [6.45, 7) is 1.14. The summed E-state index contributed by atoms with van der Waals surface area (Å²) in [5.41, 5.74) is 1.64. The molecule has 1 N–H and O–H groups in total. The van der Waals surface area contributed by atoms with Gasteiger partial charge in [0.15, 0.2) is 5.78 Å². The van der Waals surface area contributed by atoms with Crippen LogP contribution in [0.4, 0.5) is 0 Å². The molecule has 4 heteroatoms. The first-order chi connectivity index (χ1) is 9.65. The number of pyridine rings is 1. The molecule has 1 aromatic heterocycles. The second-order valence-corrected chi connectivity index (χ2v) is 4.78. The molecule has 0 fully saturated rings. The van der Waals surface area contributed by atoms with E-state index in [-0.39, 0.29) is 11.5 Å². The van der Waals surface area contributed by atoms with Crippen LogP contribution in [-0.4, -0.2) is 40.9 Å². The van der Waals surface area contributed by atoms with Gasteiger partial charge in [0.25, 0.3) is 0 Å². The number of ketones is 1. The molecule has 2 aromatic rings. The molecule has 0 atom stereocenters. The number of hydrogen-bond acceptors (Lipinski definition) is 4. The number of aromatic hydroxyl groups is 1. The number of benzene rings is 1. The number of nitrogens with zero attached hydrogens (tertiary/aromatic N) is 2. The lowest BCUT2D eigenvalue weighted by Crippen LogP contribution is -2.28. The summed E-state index contributed by atoms with van der Waals surface area (Å²) in [5, 5.41) is 9.20. The van der Waals surface area contributed by atoms with E-state index in [2.05, 4.69) is 4.98 Å². The van der Waals surface area contributed by atoms with Gasteiger partial charge in [-0.3, -0.25) is 14.7 Å². The highest BCUT2D eigenvalue weighted by atomic mass is 16.3. The van der Waals surface area contributed by atoms with Crippen molar-refractivity contribution in [2.24, 2.45) is 0 Å². The van der Waals surface area contributed by atoms with Gasteiger partial charge in [0.2, 0.25) is 0 Å². The number of carbonyl (C=O) groups excluding carboxylic acids is 1. The van der Waals surface area contributed by atoms with Gasteiger partial charge >= 0.3 is 0 Å². The number of likely N-dealkylation sites (N-methyl/N-ethyl adjacent to an activating group) is 1. The first-order valence-electron chi connectivity index (χ1n) is 6.56. The van der Waals surface area contributed by atoms with E-state index in [9.17, 15) is 9.90 Å². The smallest absolute Gasteiger partial charge is 0.176 e. The fourth-order valence-electron chi connectivity index (χ4n) is 1.91. The summed E-state index contributed by atoms with van der Waals surface area (Å²) in [6, 6.07) is 12.2. The molecule has 0 saturated heterocycles. The van der Waals surface area contributed by atoms with Crippen molar-refractivity contribution in [3.63, 3.8) is 0 Å². The highest BCUT2D eigenvalue weighted by molar-refractivity contribution is 5.97. The van der Waals surface area contributed by atoms with Gasteiger partial charge in [-0.2, -0.15) is 0 Å². The summed E-state index contributed by atoms with van der Waals surface area (Å²) >= 11 is 0. The van der Waals surface area contributed by atoms with Gasteiger partial charge in [-0.1, -0.05) is 6.07 Å². The fraction of sp³-hybridized carbons (Fsp3) is 0.250. The molecule has 0 aliphatic carbocycles. The number of phenolic OH excluding ortho intramolecular Hbond substituents is 1. The van der Waals surface area contributed by atoms with Crippen molar-refractivity contribution in [1.29, 1.82) is 0 Å². The van der Waals surface area contributed by atoms with Crippen LogP contribution in [0.15, 0.2) is 48.7 Å². The molecule has 2 rings (SSSR count). The molecule has 4 nitrogen and oxygen atoms in total. The van der Waals surface area contributed by atoms with E-state index in [4.69, 9.17) is 0 Å². The van der Waals surface area contributed by atoms with Crippen LogP contribution in [0.1, 0.15) is 16.1 Å². The van der Waals surface area contributed by atoms with Crippen LogP contribution in [0.5, 0.6) is 5.75 Å². The molecule has 0 amide bonds. The minimum Gasteiger partial charge on any atom is -0.508 e. The van der Waals surface area contributed by atoms with E-state index in [1.165, 1.54) is 12.1 Å². The van der Waals surface area contributed by atoms with Crippen molar-refractivity contribution in [2.45, 2.75) is 6.42 Å². The second kappa shape index (κ2) is 6.82. The predicted molar refractivity (Wildman–Crippen MR) is 77.9 cm³/mol. The number of aromatic nitrogens is 1. The largest absolute Gasteiger partial charge is 0.508 e. The molecule has 104 valence electrons. The Bertz CT molecular complexity index is 552. The lowest BCUT2D eigenvalue weighted by atomic mass is 10.1. The van der Waals surface area contributed by atoms with Crippen molar-refractivity contribution in [3.8, 4) is 5.75 Å². The van der Waals surface area contributed by atoms with Crippen LogP contribution in [-0.2, 0) is 6.42 Å². The van der Waals surface area contributed by atoms with E-state index in [0.717, 1.165) is 18.7 Å². The van der Waals surface area contributed by atoms with Gasteiger partial charge in [-0.25, -0.2) is 0 Å². The highest BCUT2D eigenvalue weighted by Gasteiger charge is 2.09. The third-order valence-electron chi connectivity index (χ3n) is 3.08. The van der Waals surface area contributed by atoms with Crippen LogP contribution in [0.2, 0.25) is 0 Å². The molecule has 0 spiro atoms. The zero-order valence-corrected chi connectivity index (χ0v) is 11.5. The monoisotopic (exact) mass is 270 g/mol. The average Bonchev–Trinajstić information content (AvgIpc) is 2.47. The predicted octanol–water partition coefficient (Wildman–Crippen LogP) is 2.14. The third-order valence-corrected chi connectivity index (χ3v) is 3.08. The number of phenols is 1. The van der Waals surface area contributed by atoms with E-state index >= 15 is 0 Å². The van der Waals surface area contributed by atoms with Gasteiger partial charge < -0.3 is 5.11 Å². The van der Waals surface area contributed by atoms with E-state index in [1.807, 2.05) is 30.1 Å². The van der Waals surface area contributed by atoms with Crippen molar-refractivity contribution in [2.75, 3.05) is 20.1 Å². The van der Waals surface area contributed by atoms with Crippen LogP contribution in [0.25, 0.3) is 0 Å². The Kier molecular flexibility index (Phi) is 4.85. The molecular formula is C16H18N2O2. The maximum Gasteiger partial charge on any atom is 0.176 e. The Morgan fingerprint density at radius 1 is 1.20 bits per heavy atom. The van der Waals surface area contributed by atoms with Crippen molar-refractivity contribution >= 4 is 5.78 Å². The Morgan fingerprint density at radius 2 is 1.95 bits per heavy atom. The molecule has 0 aliphatic heterocycles. The minimum absolute atomic E-state index is 0.0496. The summed E-state index contributed by atoms with van der Waals surface area (Å²) in [4.78, 5) is 18.3. The zero-order chi connectivity index (χ0) is 14.4. The van der Waals surface area contributed by atoms with Crippen LogP contribution in [0, 0.1) is 0 Å². The molecule has 0 saturated carbocycles. The molecule has 1 aromatic carbocycles. The quantitative estimate of drug-likeness (QED) is 0.817. The fourth-order valence-corrected chi connectivity index (χ4v) is 1.91. The van der Waals surface area contributed by atoms with Crippen molar-refractivity contribution in [1.82, 2.24) is 9.88 Å². The number of carbonyl (C=O) groups is 1. The number of rotatable bonds is 6. The summed E-state index contributed by atoms with van der Waals surface area (Å²) < 4.78 is 0. The number of hydrogen-bond donors (Lipinski definition) is 1. The van der Waals surface area contributed by atoms with Gasteiger partial charge in [0.05, 0.1) is 6.54 Å². The molecule has 1 heterocycles. The first kappa shape index (κ1) is 14.2. The molecule has 0 bridgehead atoms. The van der Waals surface area contributed by atoms with Gasteiger partial charge in [-0.15, -0.1) is 0 Å². The molecular weight excluding hydrogens is 252 g/mol. The maximum absolute atomic E-state index is 12.0. The molecule has 0 aliphatic rings. The normalized spacial score (nSPS) is 10.7. The van der Waals surface area contributed by atoms with Gasteiger partial charge in [0.1, 0.15) is 5.75 Å². The topological polar surface area (TPSA) is 53.4 Å². The standard InChI is InChI=1S/C16H18N2O2/c1-18(11-9-14-4-2-3-10-17-14)12-16(20)13-5-7-15(19)8-6-13/h2-8,10,19H,9,11-12H2,1H3. The van der Waals surface area contributed by atoms with E-state index in [0.29, 0.717) is 12.1 Å². The molecule has 0 unspecified atom stereocenters. The number of Topliss-reactive ketones (excluding diaryl/α,β-unsaturated/α-hetero) is 1. The second-order valence-electron chi connectivity index (χ2n) is 4.78. The van der Waals surface area contributed by atoms with Crippen molar-refractivity contribution in [3.05, 3.63) is 59.9 Å². The zero-order valence-electron chi connectivity index (χ0n) is 11.5. The Balaban J connectivity index is 1.83. The van der Waals surface area contributed by atoms with E-state index in [1.54, 1.807) is 18.3 Å². The highest BCUT2D eigenvalue weighted by Crippen LogP contribution is 2.10. The SMILES string of the molecule is CN(CCc1ccccn1)CC(=O)c1ccc(O)cc1. The summed E-state index contributed by atoms with van der Waals surface area (Å²) in [7, 11) is 1.92. The van der Waals surface area contributed by atoms with E-state index < -0.39 is 0 Å². The van der Waals surface area contributed by atoms with Crippen molar-refractivity contribution < 1.29 is 9.90 Å². The maximum atomic E-state index is 12.0. The van der Waals surface area contributed by atoms with Gasteiger partial charge in [0, 0.05) is 30.4 Å². The Hall–Kier alpha value is -2.20.